The molecule has 0 saturated heterocycles. The van der Waals surface area contributed by atoms with Crippen molar-refractivity contribution < 1.29 is 0 Å². The minimum atomic E-state index is 1.02. The molecule has 2 heterocycles. The molecule has 0 saturated carbocycles. The van der Waals surface area contributed by atoms with E-state index >= 15 is 0 Å². The lowest BCUT2D eigenvalue weighted by atomic mass is 10.1. The molecule has 3 aromatic rings. The van der Waals surface area contributed by atoms with Crippen molar-refractivity contribution in [2.45, 2.75) is 12.8 Å². The number of rotatable bonds is 3. The highest BCUT2D eigenvalue weighted by Gasteiger charge is 2.03. The summed E-state index contributed by atoms with van der Waals surface area (Å²) in [6.07, 6.45) is 3.96. The van der Waals surface area contributed by atoms with Gasteiger partial charge < -0.3 is 0 Å². The predicted molar refractivity (Wildman–Crippen MR) is 73.5 cm³/mol. The zero-order chi connectivity index (χ0) is 11.5. The lowest BCUT2D eigenvalue weighted by molar-refractivity contribution is 0.933. The van der Waals surface area contributed by atoms with Crippen LogP contribution in [0.15, 0.2) is 54.0 Å². The Balaban J connectivity index is 1.82. The molecule has 0 bridgehead atoms. The third-order valence-corrected chi connectivity index (χ3v) is 4.00. The van der Waals surface area contributed by atoms with Crippen LogP contribution in [0.5, 0.6) is 0 Å². The Morgan fingerprint density at radius 1 is 0.941 bits per heavy atom. The van der Waals surface area contributed by atoms with E-state index < -0.39 is 0 Å². The molecule has 1 nitrogen and oxygen atoms in total. The van der Waals surface area contributed by atoms with Gasteiger partial charge in [-0.25, -0.2) is 0 Å². The van der Waals surface area contributed by atoms with Crippen LogP contribution in [-0.2, 0) is 12.8 Å². The van der Waals surface area contributed by atoms with Gasteiger partial charge in [0, 0.05) is 16.8 Å². The second-order valence-electron chi connectivity index (χ2n) is 4.07. The van der Waals surface area contributed by atoms with Crippen LogP contribution >= 0.6 is 11.3 Å². The van der Waals surface area contributed by atoms with E-state index in [1.165, 1.54) is 21.3 Å². The molecule has 0 atom stereocenters. The molecule has 2 heteroatoms. The molecule has 3 rings (SSSR count). The fourth-order valence-corrected chi connectivity index (χ4v) is 3.04. The first-order valence-electron chi connectivity index (χ1n) is 5.78. The Hall–Kier alpha value is -1.67. The van der Waals surface area contributed by atoms with Crippen molar-refractivity contribution in [1.29, 1.82) is 0 Å². The predicted octanol–water partition coefficient (Wildman–Crippen LogP) is 4.08. The van der Waals surface area contributed by atoms with Crippen molar-refractivity contribution in [2.75, 3.05) is 0 Å². The highest BCUT2D eigenvalue weighted by atomic mass is 32.1. The van der Waals surface area contributed by atoms with E-state index in [0.717, 1.165) is 12.8 Å². The topological polar surface area (TPSA) is 12.9 Å². The largest absolute Gasteiger partial charge is 0.261 e. The van der Waals surface area contributed by atoms with Gasteiger partial charge in [0.1, 0.15) is 0 Å². The van der Waals surface area contributed by atoms with Gasteiger partial charge >= 0.3 is 0 Å². The fourth-order valence-electron chi connectivity index (χ4n) is 2.03. The zero-order valence-electron chi connectivity index (χ0n) is 9.47. The first-order valence-corrected chi connectivity index (χ1v) is 6.66. The van der Waals surface area contributed by atoms with E-state index in [4.69, 9.17) is 0 Å². The molecule has 0 aliphatic heterocycles. The van der Waals surface area contributed by atoms with Crippen LogP contribution in [0.2, 0.25) is 0 Å². The number of thiophene rings is 1. The van der Waals surface area contributed by atoms with E-state index in [-0.39, 0.29) is 0 Å². The third-order valence-electron chi connectivity index (χ3n) is 2.92. The summed E-state index contributed by atoms with van der Waals surface area (Å²) in [7, 11) is 0. The van der Waals surface area contributed by atoms with Gasteiger partial charge in [0.2, 0.25) is 0 Å². The molecule has 0 aliphatic rings. The molecule has 0 unspecified atom stereocenters. The Bertz CT molecular complexity index is 613. The standard InChI is InChI=1S/C15H13NS/c1-2-7-14-12(5-1)11-17-15(14)9-8-13-6-3-4-10-16-13/h1-7,10-11H,8-9H2. The van der Waals surface area contributed by atoms with Crippen LogP contribution < -0.4 is 0 Å². The maximum atomic E-state index is 4.36. The molecule has 84 valence electrons. The lowest BCUT2D eigenvalue weighted by Gasteiger charge is -1.99. The van der Waals surface area contributed by atoms with Crippen LogP contribution in [0.3, 0.4) is 0 Å². The fraction of sp³-hybridized carbons (Fsp3) is 0.133. The lowest BCUT2D eigenvalue weighted by Crippen LogP contribution is -1.91. The molecule has 0 spiro atoms. The second kappa shape index (κ2) is 4.68. The molecule has 0 amide bonds. The smallest absolute Gasteiger partial charge is 0.0407 e. The Labute approximate surface area is 105 Å². The van der Waals surface area contributed by atoms with Gasteiger partial charge in [-0.3, -0.25) is 4.98 Å². The number of aryl methyl sites for hydroxylation is 2. The molecule has 0 fully saturated rings. The highest BCUT2D eigenvalue weighted by Crippen LogP contribution is 2.26. The van der Waals surface area contributed by atoms with Crippen molar-refractivity contribution in [2.24, 2.45) is 0 Å². The molecule has 17 heavy (non-hydrogen) atoms. The normalized spacial score (nSPS) is 10.8. The van der Waals surface area contributed by atoms with Gasteiger partial charge in [-0.15, -0.1) is 11.3 Å². The molecule has 0 N–H and O–H groups in total. The van der Waals surface area contributed by atoms with Crippen LogP contribution in [0, 0.1) is 0 Å². The quantitative estimate of drug-likeness (QED) is 0.671. The van der Waals surface area contributed by atoms with E-state index in [1.807, 2.05) is 23.6 Å². The first-order chi connectivity index (χ1) is 8.43. The zero-order valence-corrected chi connectivity index (χ0v) is 10.3. The van der Waals surface area contributed by atoms with Crippen molar-refractivity contribution in [3.8, 4) is 0 Å². The Morgan fingerprint density at radius 2 is 1.82 bits per heavy atom. The summed E-state index contributed by atoms with van der Waals surface area (Å²) in [4.78, 5) is 5.83. The van der Waals surface area contributed by atoms with E-state index in [9.17, 15) is 0 Å². The summed E-state index contributed by atoms with van der Waals surface area (Å²) in [6.45, 7) is 0. The van der Waals surface area contributed by atoms with Gasteiger partial charge in [0.25, 0.3) is 0 Å². The summed E-state index contributed by atoms with van der Waals surface area (Å²) >= 11 is 1.85. The second-order valence-corrected chi connectivity index (χ2v) is 5.03. The van der Waals surface area contributed by atoms with E-state index in [2.05, 4.69) is 46.8 Å². The number of fused-ring (bicyclic) bond motifs is 1. The number of benzene rings is 1. The average Bonchev–Trinajstić information content (AvgIpc) is 2.81. The van der Waals surface area contributed by atoms with Crippen LogP contribution in [0.1, 0.15) is 10.6 Å². The number of hydrogen-bond donors (Lipinski definition) is 0. The van der Waals surface area contributed by atoms with Gasteiger partial charge in [-0.2, -0.15) is 0 Å². The SMILES string of the molecule is c1ccc(CCc2scc3ccccc23)nc1. The molecule has 2 aromatic heterocycles. The average molecular weight is 239 g/mol. The van der Waals surface area contributed by atoms with Crippen LogP contribution in [0.25, 0.3) is 10.8 Å². The monoisotopic (exact) mass is 239 g/mol. The van der Waals surface area contributed by atoms with Gasteiger partial charge in [-0.05, 0) is 41.1 Å². The van der Waals surface area contributed by atoms with Gasteiger partial charge in [0.05, 0.1) is 0 Å². The van der Waals surface area contributed by atoms with Crippen molar-refractivity contribution in [3.05, 3.63) is 64.6 Å². The molecular weight excluding hydrogens is 226 g/mol. The Kier molecular flexibility index (Phi) is 2.88. The summed E-state index contributed by atoms with van der Waals surface area (Å²) < 4.78 is 0. The molecular formula is C15H13NS. The minimum Gasteiger partial charge on any atom is -0.261 e. The van der Waals surface area contributed by atoms with Crippen molar-refractivity contribution >= 4 is 22.1 Å². The van der Waals surface area contributed by atoms with Gasteiger partial charge in [-0.1, -0.05) is 30.3 Å². The number of nitrogens with zero attached hydrogens (tertiary/aromatic N) is 1. The number of aromatic nitrogens is 1. The summed E-state index contributed by atoms with van der Waals surface area (Å²) in [5, 5.41) is 4.99. The minimum absolute atomic E-state index is 1.02. The summed E-state index contributed by atoms with van der Waals surface area (Å²) in [6, 6.07) is 14.7. The van der Waals surface area contributed by atoms with Crippen LogP contribution in [-0.4, -0.2) is 4.98 Å². The maximum absolute atomic E-state index is 4.36. The molecule has 0 radical (unpaired) electrons. The van der Waals surface area contributed by atoms with E-state index in [0.29, 0.717) is 0 Å². The molecule has 0 aliphatic carbocycles. The van der Waals surface area contributed by atoms with Gasteiger partial charge in [0.15, 0.2) is 0 Å². The van der Waals surface area contributed by atoms with E-state index in [1.54, 1.807) is 0 Å². The molecule has 1 aromatic carbocycles. The Morgan fingerprint density at radius 3 is 2.71 bits per heavy atom. The van der Waals surface area contributed by atoms with Crippen LogP contribution in [0.4, 0.5) is 0 Å². The van der Waals surface area contributed by atoms with Crippen molar-refractivity contribution in [1.82, 2.24) is 4.98 Å². The highest BCUT2D eigenvalue weighted by molar-refractivity contribution is 7.11. The third kappa shape index (κ3) is 2.22. The summed E-state index contributed by atoms with van der Waals surface area (Å²) in [5.41, 5.74) is 1.17. The number of pyridine rings is 1. The maximum Gasteiger partial charge on any atom is 0.0407 e. The van der Waals surface area contributed by atoms with Crippen molar-refractivity contribution in [3.63, 3.8) is 0 Å². The number of hydrogen-bond acceptors (Lipinski definition) is 2. The first kappa shape index (κ1) is 10.5. The summed E-state index contributed by atoms with van der Waals surface area (Å²) in [5.74, 6) is 0.